The van der Waals surface area contributed by atoms with Gasteiger partial charge in [-0.15, -0.1) is 0 Å². The average Bonchev–Trinajstić information content (AvgIpc) is 2.75. The molecule has 0 bridgehead atoms. The van der Waals surface area contributed by atoms with Gasteiger partial charge in [0.1, 0.15) is 23.3 Å². The molecule has 2 aromatic heterocycles. The Bertz CT molecular complexity index is 929. The maximum absolute atomic E-state index is 13.2. The summed E-state index contributed by atoms with van der Waals surface area (Å²) < 4.78 is 13.2. The van der Waals surface area contributed by atoms with Crippen molar-refractivity contribution in [2.24, 2.45) is 0 Å². The number of nitrogens with one attached hydrogen (secondary N) is 3. The van der Waals surface area contributed by atoms with Crippen molar-refractivity contribution in [2.75, 3.05) is 35.3 Å². The summed E-state index contributed by atoms with van der Waals surface area (Å²) in [6.45, 7) is 4.64. The maximum Gasteiger partial charge on any atom is 0.227 e. The predicted octanol–water partition coefficient (Wildman–Crippen LogP) is 3.08. The first kappa shape index (κ1) is 19.0. The fraction of sp³-hybridized carbons (Fsp3) is 0.300. The van der Waals surface area contributed by atoms with E-state index in [1.807, 2.05) is 13.0 Å². The van der Waals surface area contributed by atoms with E-state index in [0.717, 1.165) is 37.6 Å². The Kier molecular flexibility index (Phi) is 5.76. The van der Waals surface area contributed by atoms with Crippen LogP contribution in [0.1, 0.15) is 24.9 Å². The van der Waals surface area contributed by atoms with Crippen LogP contribution in [-0.4, -0.2) is 39.7 Å². The predicted molar refractivity (Wildman–Crippen MR) is 111 cm³/mol. The van der Waals surface area contributed by atoms with Gasteiger partial charge in [0.25, 0.3) is 0 Å². The molecule has 0 amide bonds. The number of nitrogens with zero attached hydrogens (tertiary/aromatic N) is 5. The Morgan fingerprint density at radius 3 is 2.72 bits per heavy atom. The second-order valence-electron chi connectivity index (χ2n) is 6.84. The van der Waals surface area contributed by atoms with Crippen molar-refractivity contribution in [1.29, 1.82) is 0 Å². The highest BCUT2D eigenvalue weighted by Crippen LogP contribution is 2.24. The van der Waals surface area contributed by atoms with Crippen LogP contribution in [0.3, 0.4) is 0 Å². The molecule has 0 spiro atoms. The third-order valence-electron chi connectivity index (χ3n) is 4.66. The van der Waals surface area contributed by atoms with E-state index >= 15 is 0 Å². The topological polar surface area (TPSA) is 90.9 Å². The highest BCUT2D eigenvalue weighted by molar-refractivity contribution is 5.59. The molecule has 1 aromatic carbocycles. The van der Waals surface area contributed by atoms with E-state index in [0.29, 0.717) is 17.6 Å². The van der Waals surface area contributed by atoms with Gasteiger partial charge in [-0.3, -0.25) is 10.3 Å². The minimum atomic E-state index is -0.257. The molecule has 1 saturated heterocycles. The molecule has 1 aliphatic heterocycles. The summed E-state index contributed by atoms with van der Waals surface area (Å²) in [7, 11) is 0. The van der Waals surface area contributed by atoms with Gasteiger partial charge in [0, 0.05) is 25.0 Å². The summed E-state index contributed by atoms with van der Waals surface area (Å²) in [6.07, 6.45) is 5.92. The number of hydrogen-bond donors (Lipinski definition) is 3. The van der Waals surface area contributed by atoms with E-state index in [2.05, 4.69) is 35.8 Å². The van der Waals surface area contributed by atoms with Crippen LogP contribution in [0, 0.1) is 5.82 Å². The summed E-state index contributed by atoms with van der Waals surface area (Å²) in [5.41, 5.74) is 0.948. The summed E-state index contributed by atoms with van der Waals surface area (Å²) >= 11 is 0. The van der Waals surface area contributed by atoms with Gasteiger partial charge in [0.2, 0.25) is 5.95 Å². The van der Waals surface area contributed by atoms with Crippen molar-refractivity contribution < 1.29 is 4.39 Å². The van der Waals surface area contributed by atoms with Crippen molar-refractivity contribution in [2.45, 2.75) is 19.4 Å². The molecular weight excluding hydrogens is 371 g/mol. The average molecular weight is 394 g/mol. The first-order valence-corrected chi connectivity index (χ1v) is 9.57. The molecule has 1 fully saturated rings. The van der Waals surface area contributed by atoms with Crippen molar-refractivity contribution in [3.8, 4) is 0 Å². The second-order valence-corrected chi connectivity index (χ2v) is 6.84. The first-order valence-electron chi connectivity index (χ1n) is 9.57. The fourth-order valence-electron chi connectivity index (χ4n) is 3.13. The lowest BCUT2D eigenvalue weighted by atomic mass is 10.1. The summed E-state index contributed by atoms with van der Waals surface area (Å²) in [6, 6.07) is 8.22. The third-order valence-corrected chi connectivity index (χ3v) is 4.66. The second kappa shape index (κ2) is 8.78. The van der Waals surface area contributed by atoms with E-state index < -0.39 is 0 Å². The molecule has 3 aromatic rings. The lowest BCUT2D eigenvalue weighted by molar-refractivity contribution is 0.548. The molecule has 29 heavy (non-hydrogen) atoms. The quantitative estimate of drug-likeness (QED) is 0.588. The molecule has 4 rings (SSSR count). The largest absolute Gasteiger partial charge is 0.348 e. The molecule has 9 heteroatoms. The molecule has 1 atom stereocenters. The van der Waals surface area contributed by atoms with Gasteiger partial charge in [0.15, 0.2) is 0 Å². The summed E-state index contributed by atoms with van der Waals surface area (Å²) in [5, 5.41) is 9.86. The Morgan fingerprint density at radius 1 is 1.14 bits per heavy atom. The molecule has 8 nitrogen and oxygen atoms in total. The molecule has 0 unspecified atom stereocenters. The molecule has 3 heterocycles. The van der Waals surface area contributed by atoms with E-state index in [1.54, 1.807) is 30.7 Å². The zero-order valence-electron chi connectivity index (χ0n) is 16.1. The standard InChI is InChI=1S/C20H23FN8/c1-14(15-3-5-16(21)6-4-15)25-20-27-17(26-18-12-22-8-9-24-18)11-19(28-20)29-10-2-7-23-13-29/h3-6,8-9,11-12,14,23H,2,7,10,13H2,1H3,(H2,24,25,26,27,28)/t14-/m0/s1. The zero-order valence-corrected chi connectivity index (χ0v) is 16.1. The molecule has 0 radical (unpaired) electrons. The van der Waals surface area contributed by atoms with Crippen LogP contribution in [0.25, 0.3) is 0 Å². The van der Waals surface area contributed by atoms with Crippen LogP contribution in [0.15, 0.2) is 48.9 Å². The SMILES string of the molecule is C[C@H](Nc1nc(Nc2cnccn2)cc(N2CCCNC2)n1)c1ccc(F)cc1. The van der Waals surface area contributed by atoms with E-state index in [-0.39, 0.29) is 11.9 Å². The van der Waals surface area contributed by atoms with E-state index in [1.165, 1.54) is 12.1 Å². The molecule has 1 aliphatic rings. The smallest absolute Gasteiger partial charge is 0.227 e. The minimum Gasteiger partial charge on any atom is -0.348 e. The zero-order chi connectivity index (χ0) is 20.1. The van der Waals surface area contributed by atoms with Gasteiger partial charge in [0.05, 0.1) is 18.9 Å². The summed E-state index contributed by atoms with van der Waals surface area (Å²) in [5.74, 6) is 2.26. The number of halogens is 1. The molecule has 0 saturated carbocycles. The molecular formula is C20H23FN8. The minimum absolute atomic E-state index is 0.0882. The van der Waals surface area contributed by atoms with Crippen LogP contribution in [0.4, 0.5) is 27.8 Å². The van der Waals surface area contributed by atoms with Crippen molar-refractivity contribution in [3.05, 3.63) is 60.3 Å². The number of hydrogen-bond acceptors (Lipinski definition) is 8. The number of benzene rings is 1. The van der Waals surface area contributed by atoms with Gasteiger partial charge in [-0.1, -0.05) is 12.1 Å². The van der Waals surface area contributed by atoms with Gasteiger partial charge >= 0.3 is 0 Å². The van der Waals surface area contributed by atoms with E-state index in [4.69, 9.17) is 4.98 Å². The van der Waals surface area contributed by atoms with E-state index in [9.17, 15) is 4.39 Å². The number of anilines is 4. The van der Waals surface area contributed by atoms with Gasteiger partial charge in [-0.2, -0.15) is 9.97 Å². The normalized spacial score (nSPS) is 15.0. The lowest BCUT2D eigenvalue weighted by Gasteiger charge is -2.29. The van der Waals surface area contributed by atoms with Crippen LogP contribution in [-0.2, 0) is 0 Å². The van der Waals surface area contributed by atoms with Crippen LogP contribution < -0.4 is 20.9 Å². The van der Waals surface area contributed by atoms with Gasteiger partial charge in [-0.25, -0.2) is 9.37 Å². The van der Waals surface area contributed by atoms with Crippen molar-refractivity contribution in [3.63, 3.8) is 0 Å². The molecule has 150 valence electrons. The summed E-state index contributed by atoms with van der Waals surface area (Å²) in [4.78, 5) is 19.8. The maximum atomic E-state index is 13.2. The van der Waals surface area contributed by atoms with Crippen LogP contribution in [0.5, 0.6) is 0 Å². The molecule has 0 aliphatic carbocycles. The first-order chi connectivity index (χ1) is 14.2. The monoisotopic (exact) mass is 394 g/mol. The van der Waals surface area contributed by atoms with Gasteiger partial charge in [-0.05, 0) is 37.6 Å². The Hall–Kier alpha value is -3.33. The van der Waals surface area contributed by atoms with Crippen molar-refractivity contribution in [1.82, 2.24) is 25.3 Å². The number of aromatic nitrogens is 4. The Balaban J connectivity index is 1.60. The third kappa shape index (κ3) is 4.94. The number of rotatable bonds is 6. The Labute approximate surface area is 168 Å². The Morgan fingerprint density at radius 2 is 2.00 bits per heavy atom. The lowest BCUT2D eigenvalue weighted by Crippen LogP contribution is -2.42. The highest BCUT2D eigenvalue weighted by Gasteiger charge is 2.16. The highest BCUT2D eigenvalue weighted by atomic mass is 19.1. The molecule has 3 N–H and O–H groups in total. The van der Waals surface area contributed by atoms with Crippen molar-refractivity contribution >= 4 is 23.4 Å². The fourth-order valence-corrected chi connectivity index (χ4v) is 3.13. The van der Waals surface area contributed by atoms with Crippen LogP contribution in [0.2, 0.25) is 0 Å². The van der Waals surface area contributed by atoms with Crippen LogP contribution >= 0.6 is 0 Å². The van der Waals surface area contributed by atoms with Gasteiger partial charge < -0.3 is 15.5 Å².